The maximum absolute atomic E-state index is 13.0. The molecule has 2 aromatic heterocycles. The molecule has 4 rings (SSSR count). The number of nitrogens with one attached hydrogen (secondary N) is 1. The van der Waals surface area contributed by atoms with Gasteiger partial charge in [-0.1, -0.05) is 54.1 Å². The Kier molecular flexibility index (Phi) is 3.74. The van der Waals surface area contributed by atoms with Crippen LogP contribution in [0.3, 0.4) is 0 Å². The van der Waals surface area contributed by atoms with Crippen molar-refractivity contribution < 1.29 is 0 Å². The quantitative estimate of drug-likeness (QED) is 0.594. The topological polar surface area (TPSA) is 89.1 Å². The van der Waals surface area contributed by atoms with Crippen LogP contribution in [0.2, 0.25) is 5.02 Å². The molecule has 0 fully saturated rings. The van der Waals surface area contributed by atoms with E-state index >= 15 is 0 Å². The number of rotatable bonds is 3. The van der Waals surface area contributed by atoms with E-state index in [1.165, 1.54) is 4.52 Å². The van der Waals surface area contributed by atoms with Crippen molar-refractivity contribution in [3.63, 3.8) is 0 Å². The van der Waals surface area contributed by atoms with Crippen LogP contribution in [-0.2, 0) is 6.42 Å². The fourth-order valence-corrected chi connectivity index (χ4v) is 3.03. The first-order chi connectivity index (χ1) is 12.1. The summed E-state index contributed by atoms with van der Waals surface area (Å²) in [7, 11) is 0. The van der Waals surface area contributed by atoms with Crippen molar-refractivity contribution in [2.45, 2.75) is 6.42 Å². The molecule has 6 nitrogen and oxygen atoms in total. The minimum atomic E-state index is -0.229. The maximum Gasteiger partial charge on any atom is 0.278 e. The number of benzene rings is 2. The number of hydrogen-bond donors (Lipinski definition) is 2. The van der Waals surface area contributed by atoms with Gasteiger partial charge in [-0.25, -0.2) is 4.98 Å². The molecule has 3 N–H and O–H groups in total. The summed E-state index contributed by atoms with van der Waals surface area (Å²) in [6, 6.07) is 17.0. The average Bonchev–Trinajstić information content (AvgIpc) is 2.99. The molecule has 0 radical (unpaired) electrons. The average molecular weight is 352 g/mol. The van der Waals surface area contributed by atoms with E-state index < -0.39 is 0 Å². The first kappa shape index (κ1) is 15.4. The second-order valence-corrected chi connectivity index (χ2v) is 6.10. The molecule has 2 aromatic carbocycles. The third kappa shape index (κ3) is 2.88. The van der Waals surface area contributed by atoms with Crippen molar-refractivity contribution in [3.05, 3.63) is 81.1 Å². The summed E-state index contributed by atoms with van der Waals surface area (Å²) >= 11 is 6.07. The van der Waals surface area contributed by atoms with Crippen LogP contribution in [0.5, 0.6) is 0 Å². The summed E-state index contributed by atoms with van der Waals surface area (Å²) in [5.74, 6) is 0.389. The molecule has 0 saturated heterocycles. The van der Waals surface area contributed by atoms with Gasteiger partial charge in [0.15, 0.2) is 0 Å². The highest BCUT2D eigenvalue weighted by Crippen LogP contribution is 2.23. The van der Waals surface area contributed by atoms with E-state index in [1.54, 1.807) is 6.07 Å². The van der Waals surface area contributed by atoms with Crippen molar-refractivity contribution in [3.8, 4) is 11.3 Å². The van der Waals surface area contributed by atoms with Gasteiger partial charge < -0.3 is 5.73 Å². The number of halogens is 1. The van der Waals surface area contributed by atoms with Crippen LogP contribution in [0.25, 0.3) is 17.0 Å². The van der Waals surface area contributed by atoms with Crippen LogP contribution in [0, 0.1) is 0 Å². The lowest BCUT2D eigenvalue weighted by Crippen LogP contribution is -2.22. The predicted octanol–water partition coefficient (Wildman–Crippen LogP) is 2.91. The lowest BCUT2D eigenvalue weighted by Gasteiger charge is -2.09. The SMILES string of the molecule is Nc1nc2nc(-c3ccccc3)c(Cc3cccc(Cl)c3)c(=O)n2[nH]1. The van der Waals surface area contributed by atoms with E-state index in [4.69, 9.17) is 17.3 Å². The molecular weight excluding hydrogens is 338 g/mol. The molecule has 0 atom stereocenters. The van der Waals surface area contributed by atoms with Crippen LogP contribution in [0.4, 0.5) is 5.95 Å². The van der Waals surface area contributed by atoms with Gasteiger partial charge in [0.2, 0.25) is 5.95 Å². The summed E-state index contributed by atoms with van der Waals surface area (Å²) in [6.07, 6.45) is 0.401. The summed E-state index contributed by atoms with van der Waals surface area (Å²) in [5.41, 5.74) is 8.38. The van der Waals surface area contributed by atoms with E-state index in [-0.39, 0.29) is 17.3 Å². The van der Waals surface area contributed by atoms with Crippen molar-refractivity contribution in [1.82, 2.24) is 19.6 Å². The largest absolute Gasteiger partial charge is 0.368 e. The Labute approximate surface area is 147 Å². The van der Waals surface area contributed by atoms with Crippen molar-refractivity contribution in [1.29, 1.82) is 0 Å². The number of nitrogens with two attached hydrogens (primary N) is 1. The Morgan fingerprint density at radius 1 is 1.08 bits per heavy atom. The second-order valence-electron chi connectivity index (χ2n) is 5.66. The summed E-state index contributed by atoms with van der Waals surface area (Å²) in [5, 5.41) is 3.35. The van der Waals surface area contributed by atoms with Crippen LogP contribution >= 0.6 is 11.6 Å². The number of anilines is 1. The zero-order chi connectivity index (χ0) is 17.4. The first-order valence-corrected chi connectivity index (χ1v) is 8.06. The maximum atomic E-state index is 13.0. The van der Waals surface area contributed by atoms with Gasteiger partial charge in [-0.05, 0) is 17.7 Å². The number of fused-ring (bicyclic) bond motifs is 1. The Balaban J connectivity index is 1.96. The molecule has 0 aliphatic rings. The summed E-state index contributed by atoms with van der Waals surface area (Å²) in [4.78, 5) is 21.6. The van der Waals surface area contributed by atoms with Gasteiger partial charge in [0.05, 0.1) is 11.3 Å². The number of aromatic amines is 1. The number of H-pyrrole nitrogens is 1. The molecule has 25 heavy (non-hydrogen) atoms. The van der Waals surface area contributed by atoms with Crippen LogP contribution in [-0.4, -0.2) is 19.6 Å². The van der Waals surface area contributed by atoms with Gasteiger partial charge in [0.1, 0.15) is 0 Å². The fraction of sp³-hybridized carbons (Fsp3) is 0.0556. The predicted molar refractivity (Wildman–Crippen MR) is 97.7 cm³/mol. The third-order valence-electron chi connectivity index (χ3n) is 3.92. The molecule has 0 unspecified atom stereocenters. The smallest absolute Gasteiger partial charge is 0.278 e. The molecule has 0 amide bonds. The first-order valence-electron chi connectivity index (χ1n) is 7.69. The minimum Gasteiger partial charge on any atom is -0.368 e. The molecular formula is C18H14ClN5O. The Morgan fingerprint density at radius 2 is 1.88 bits per heavy atom. The van der Waals surface area contributed by atoms with E-state index in [9.17, 15) is 4.79 Å². The molecule has 0 aliphatic heterocycles. The van der Waals surface area contributed by atoms with Gasteiger partial charge in [0.25, 0.3) is 11.3 Å². The van der Waals surface area contributed by atoms with Crippen molar-refractivity contribution in [2.24, 2.45) is 0 Å². The molecule has 7 heteroatoms. The summed E-state index contributed by atoms with van der Waals surface area (Å²) < 4.78 is 1.27. The number of nitrogens with zero attached hydrogens (tertiary/aromatic N) is 3. The van der Waals surface area contributed by atoms with Crippen LogP contribution in [0.1, 0.15) is 11.1 Å². The minimum absolute atomic E-state index is 0.142. The normalized spacial score (nSPS) is 11.1. The number of aromatic nitrogens is 4. The van der Waals surface area contributed by atoms with Gasteiger partial charge in [0, 0.05) is 17.0 Å². The molecule has 0 bridgehead atoms. The van der Waals surface area contributed by atoms with Crippen molar-refractivity contribution >= 4 is 23.3 Å². The number of nitrogen functional groups attached to an aromatic ring is 1. The zero-order valence-electron chi connectivity index (χ0n) is 13.1. The van der Waals surface area contributed by atoms with Gasteiger partial charge in [-0.15, -0.1) is 0 Å². The molecule has 2 heterocycles. The standard InChI is InChI=1S/C18H14ClN5O/c19-13-8-4-5-11(9-13)10-14-15(12-6-2-1-3-7-12)21-18-22-17(20)23-24(18)16(14)25/h1-9H,10H2,(H3,20,21,22,23). The lowest BCUT2D eigenvalue weighted by molar-refractivity contribution is 0.879. The van der Waals surface area contributed by atoms with E-state index in [0.29, 0.717) is 22.7 Å². The highest BCUT2D eigenvalue weighted by Gasteiger charge is 2.17. The monoisotopic (exact) mass is 351 g/mol. The molecule has 4 aromatic rings. The molecule has 0 aliphatic carbocycles. The lowest BCUT2D eigenvalue weighted by atomic mass is 10.0. The van der Waals surface area contributed by atoms with Gasteiger partial charge >= 0.3 is 0 Å². The van der Waals surface area contributed by atoms with E-state index in [2.05, 4.69) is 15.1 Å². The number of hydrogen-bond acceptors (Lipinski definition) is 4. The van der Waals surface area contributed by atoms with E-state index in [0.717, 1.165) is 11.1 Å². The Hall–Kier alpha value is -3.12. The molecule has 124 valence electrons. The van der Waals surface area contributed by atoms with Gasteiger partial charge in [-0.2, -0.15) is 9.50 Å². The van der Waals surface area contributed by atoms with Crippen LogP contribution in [0.15, 0.2) is 59.4 Å². The third-order valence-corrected chi connectivity index (χ3v) is 4.16. The van der Waals surface area contributed by atoms with Crippen LogP contribution < -0.4 is 11.3 Å². The van der Waals surface area contributed by atoms with Crippen molar-refractivity contribution in [2.75, 3.05) is 5.73 Å². The Morgan fingerprint density at radius 3 is 2.64 bits per heavy atom. The summed E-state index contributed by atoms with van der Waals surface area (Å²) in [6.45, 7) is 0. The molecule has 0 spiro atoms. The van der Waals surface area contributed by atoms with Gasteiger partial charge in [-0.3, -0.25) is 9.89 Å². The zero-order valence-corrected chi connectivity index (χ0v) is 13.9. The Bertz CT molecular complexity index is 1120. The fourth-order valence-electron chi connectivity index (χ4n) is 2.81. The second kappa shape index (κ2) is 6.07. The molecule has 0 saturated carbocycles. The van der Waals surface area contributed by atoms with E-state index in [1.807, 2.05) is 48.5 Å². The highest BCUT2D eigenvalue weighted by atomic mass is 35.5. The highest BCUT2D eigenvalue weighted by molar-refractivity contribution is 6.30.